The summed E-state index contributed by atoms with van der Waals surface area (Å²) in [6.07, 6.45) is 6.17. The average molecular weight is 1090 g/mol. The Morgan fingerprint density at radius 2 is 0.792 bits per heavy atom. The lowest BCUT2D eigenvalue weighted by molar-refractivity contribution is -0.146. The number of hydrogen-bond donors (Lipinski definition) is 11. The van der Waals surface area contributed by atoms with Crippen LogP contribution in [0.15, 0.2) is 0 Å². The summed E-state index contributed by atoms with van der Waals surface area (Å²) in [7, 11) is 1.21. The van der Waals surface area contributed by atoms with E-state index in [1.165, 1.54) is 48.7 Å². The monoisotopic (exact) mass is 1090 g/mol. The van der Waals surface area contributed by atoms with Gasteiger partial charge in [0.1, 0.15) is 40.8 Å². The van der Waals surface area contributed by atoms with Crippen molar-refractivity contribution in [1.82, 2.24) is 58.5 Å². The standard InChI is InChI=1S/C53H95N11O13/c1-17-19-20-21-22-23-38(65)62-51(10,11)48(74)56-29-41(68)59-36(25-32(5)6)45(71)63-52(12,13)49(75)55-27-39(66)54-28-40(67)58-35(24-31(3)4)44(70)64-53(14,15)50(76)57-30-42(69)61-43(34(9)18-2)46(72)60-37(26-33(7)8)47(73)77-16/h31-37,43H,17-30H2,1-16H3,(H,54,66)(H,55,75)(H,56,74)(H,57,76)(H,58,67)(H,59,68)(H,60,72)(H,61,69)(H,62,65)(H,63,71)(H,64,70)/t34-,35-,36-,37-,43-/m0/s1. The quantitative estimate of drug-likeness (QED) is 0.0306. The third-order valence-corrected chi connectivity index (χ3v) is 12.2. The summed E-state index contributed by atoms with van der Waals surface area (Å²) in [5, 5.41) is 28.0. The van der Waals surface area contributed by atoms with Crippen LogP contribution in [0.25, 0.3) is 0 Å². The Morgan fingerprint density at radius 3 is 1.19 bits per heavy atom. The van der Waals surface area contributed by atoms with Gasteiger partial charge in [0.05, 0.1) is 33.3 Å². The maximum absolute atomic E-state index is 13.5. The van der Waals surface area contributed by atoms with Crippen LogP contribution in [0.3, 0.4) is 0 Å². The van der Waals surface area contributed by atoms with E-state index in [0.29, 0.717) is 19.3 Å². The molecule has 440 valence electrons. The molecular formula is C53H95N11O13. The molecule has 0 bridgehead atoms. The van der Waals surface area contributed by atoms with Gasteiger partial charge in [-0.25, -0.2) is 4.79 Å². The topological polar surface area (TPSA) is 346 Å². The molecule has 24 heteroatoms. The Kier molecular flexibility index (Phi) is 31.6. The molecule has 0 saturated carbocycles. The van der Waals surface area contributed by atoms with Crippen molar-refractivity contribution in [3.05, 3.63) is 0 Å². The summed E-state index contributed by atoms with van der Waals surface area (Å²) in [5.74, 6) is -8.53. The fraction of sp³-hybridized carbons (Fsp3) is 0.774. The molecule has 0 radical (unpaired) electrons. The minimum Gasteiger partial charge on any atom is -0.467 e. The van der Waals surface area contributed by atoms with Gasteiger partial charge in [0, 0.05) is 6.42 Å². The van der Waals surface area contributed by atoms with Gasteiger partial charge in [-0.2, -0.15) is 0 Å². The molecule has 5 atom stereocenters. The van der Waals surface area contributed by atoms with E-state index in [0.717, 1.165) is 25.7 Å². The highest BCUT2D eigenvalue weighted by molar-refractivity contribution is 5.99. The van der Waals surface area contributed by atoms with Gasteiger partial charge < -0.3 is 63.2 Å². The number of carbonyl (C=O) groups excluding carboxylic acids is 12. The molecule has 0 saturated heterocycles. The summed E-state index contributed by atoms with van der Waals surface area (Å²) >= 11 is 0. The Morgan fingerprint density at radius 1 is 0.416 bits per heavy atom. The first kappa shape index (κ1) is 70.6. The molecule has 11 N–H and O–H groups in total. The van der Waals surface area contributed by atoms with Crippen LogP contribution in [0.5, 0.6) is 0 Å². The summed E-state index contributed by atoms with van der Waals surface area (Å²) < 4.78 is 4.84. The van der Waals surface area contributed by atoms with Gasteiger partial charge in [-0.3, -0.25) is 52.7 Å². The van der Waals surface area contributed by atoms with Crippen LogP contribution in [0, 0.1) is 23.7 Å². The van der Waals surface area contributed by atoms with Crippen LogP contribution in [0.2, 0.25) is 0 Å². The first-order valence-electron chi connectivity index (χ1n) is 26.9. The van der Waals surface area contributed by atoms with Crippen LogP contribution < -0.4 is 58.5 Å². The third-order valence-electron chi connectivity index (χ3n) is 12.2. The van der Waals surface area contributed by atoms with Crippen LogP contribution in [-0.2, 0) is 62.3 Å². The molecule has 0 aliphatic rings. The SMILES string of the molecule is CCCCCCCC(=O)NC(C)(C)C(=O)NCC(=O)N[C@@H](CC(C)C)C(=O)NC(C)(C)C(=O)NCC(=O)NCC(=O)N[C@@H](CC(C)C)C(=O)NC(C)(C)C(=O)NCC(=O)N[C@H](C(=O)N[C@@H](CC(C)C)C(=O)OC)[C@@H](C)CC. The van der Waals surface area contributed by atoms with Crippen molar-refractivity contribution >= 4 is 70.9 Å². The number of hydrogen-bond acceptors (Lipinski definition) is 13. The fourth-order valence-electron chi connectivity index (χ4n) is 7.56. The minimum absolute atomic E-state index is 0.0495. The van der Waals surface area contributed by atoms with Gasteiger partial charge in [-0.05, 0) is 90.9 Å². The first-order valence-corrected chi connectivity index (χ1v) is 26.9. The highest BCUT2D eigenvalue weighted by Crippen LogP contribution is 2.14. The molecule has 77 heavy (non-hydrogen) atoms. The number of methoxy groups -OCH3 is 1. The van der Waals surface area contributed by atoms with E-state index in [1.54, 1.807) is 20.8 Å². The number of nitrogens with one attached hydrogen (secondary N) is 11. The van der Waals surface area contributed by atoms with E-state index in [4.69, 9.17) is 4.74 Å². The van der Waals surface area contributed by atoms with Crippen LogP contribution in [0.4, 0.5) is 0 Å². The molecule has 0 spiro atoms. The zero-order chi connectivity index (χ0) is 59.4. The molecule has 0 fully saturated rings. The van der Waals surface area contributed by atoms with Gasteiger partial charge in [-0.1, -0.05) is 94.4 Å². The second-order valence-electron chi connectivity index (χ2n) is 22.5. The predicted molar refractivity (Wildman–Crippen MR) is 290 cm³/mol. The molecule has 0 aliphatic carbocycles. The molecule has 0 heterocycles. The molecule has 0 aliphatic heterocycles. The van der Waals surface area contributed by atoms with E-state index in [1.807, 2.05) is 34.6 Å². The van der Waals surface area contributed by atoms with Crippen LogP contribution in [-0.4, -0.2) is 145 Å². The van der Waals surface area contributed by atoms with Crippen molar-refractivity contribution in [2.45, 2.75) is 209 Å². The Balaban J connectivity index is 5.41. The second kappa shape index (κ2) is 34.4. The van der Waals surface area contributed by atoms with Crippen molar-refractivity contribution in [3.63, 3.8) is 0 Å². The van der Waals surface area contributed by atoms with Gasteiger partial charge >= 0.3 is 5.97 Å². The largest absolute Gasteiger partial charge is 0.467 e. The number of unbranched alkanes of at least 4 members (excludes halogenated alkanes) is 4. The number of esters is 1. The third kappa shape index (κ3) is 28.6. The van der Waals surface area contributed by atoms with E-state index < -0.39 is 132 Å². The number of ether oxygens (including phenoxy) is 1. The van der Waals surface area contributed by atoms with Crippen molar-refractivity contribution < 1.29 is 62.3 Å². The Bertz CT molecular complexity index is 2020. The summed E-state index contributed by atoms with van der Waals surface area (Å²) in [4.78, 5) is 156. The zero-order valence-electron chi connectivity index (χ0n) is 48.8. The fourth-order valence-corrected chi connectivity index (χ4v) is 7.56. The van der Waals surface area contributed by atoms with Gasteiger partial charge in [0.25, 0.3) is 0 Å². The summed E-state index contributed by atoms with van der Waals surface area (Å²) in [5.41, 5.74) is -4.52. The van der Waals surface area contributed by atoms with E-state index in [-0.39, 0.29) is 48.8 Å². The molecular weight excluding hydrogens is 999 g/mol. The Hall–Kier alpha value is -6.36. The number of rotatable bonds is 36. The highest BCUT2D eigenvalue weighted by Gasteiger charge is 2.37. The number of amides is 11. The van der Waals surface area contributed by atoms with Crippen molar-refractivity contribution in [2.24, 2.45) is 23.7 Å². The van der Waals surface area contributed by atoms with E-state index >= 15 is 0 Å². The van der Waals surface area contributed by atoms with Crippen LogP contribution >= 0.6 is 0 Å². The summed E-state index contributed by atoms with van der Waals surface area (Å²) in [6.45, 7) is 23.0. The van der Waals surface area contributed by atoms with Crippen molar-refractivity contribution in [1.29, 1.82) is 0 Å². The smallest absolute Gasteiger partial charge is 0.328 e. The maximum atomic E-state index is 13.5. The first-order chi connectivity index (χ1) is 35.6. The zero-order valence-corrected chi connectivity index (χ0v) is 48.8. The lowest BCUT2D eigenvalue weighted by Gasteiger charge is -2.29. The normalized spacial score (nSPS) is 13.6. The molecule has 0 aromatic carbocycles. The molecule has 11 amide bonds. The number of carbonyl (C=O) groups is 12. The lowest BCUT2D eigenvalue weighted by Crippen LogP contribution is -2.61. The highest BCUT2D eigenvalue weighted by atomic mass is 16.5. The van der Waals surface area contributed by atoms with Crippen molar-refractivity contribution in [3.8, 4) is 0 Å². The van der Waals surface area contributed by atoms with E-state index in [9.17, 15) is 57.5 Å². The van der Waals surface area contributed by atoms with E-state index in [2.05, 4.69) is 65.4 Å². The molecule has 0 rings (SSSR count). The van der Waals surface area contributed by atoms with Crippen molar-refractivity contribution in [2.75, 3.05) is 33.3 Å². The van der Waals surface area contributed by atoms with Gasteiger partial charge in [0.2, 0.25) is 65.0 Å². The summed E-state index contributed by atoms with van der Waals surface area (Å²) in [6, 6.07) is -4.25. The van der Waals surface area contributed by atoms with Gasteiger partial charge in [-0.15, -0.1) is 0 Å². The molecule has 0 unspecified atom stereocenters. The maximum Gasteiger partial charge on any atom is 0.328 e. The molecule has 0 aromatic rings. The Labute approximate surface area is 456 Å². The molecule has 24 nitrogen and oxygen atoms in total. The van der Waals surface area contributed by atoms with Gasteiger partial charge in [0.15, 0.2) is 0 Å². The average Bonchev–Trinajstić information content (AvgIpc) is 3.32. The second-order valence-corrected chi connectivity index (χ2v) is 22.5. The predicted octanol–water partition coefficient (Wildman–Crippen LogP) is 0.793. The lowest BCUT2D eigenvalue weighted by atomic mass is 9.97. The molecule has 0 aromatic heterocycles. The minimum atomic E-state index is -1.61. The van der Waals surface area contributed by atoms with Crippen LogP contribution in [0.1, 0.15) is 168 Å².